The lowest BCUT2D eigenvalue weighted by Crippen LogP contribution is -2.34. The molecule has 1 heteroatoms. The SMILES string of the molecule is CCN(CC)C1C=CCCC1. The molecule has 1 aliphatic carbocycles. The van der Waals surface area contributed by atoms with E-state index in [9.17, 15) is 0 Å². The van der Waals surface area contributed by atoms with Crippen molar-refractivity contribution in [3.8, 4) is 0 Å². The van der Waals surface area contributed by atoms with Gasteiger partial charge in [-0.25, -0.2) is 0 Å². The minimum atomic E-state index is 0.735. The van der Waals surface area contributed by atoms with Crippen LogP contribution in [0.4, 0.5) is 0 Å². The van der Waals surface area contributed by atoms with Gasteiger partial charge >= 0.3 is 0 Å². The van der Waals surface area contributed by atoms with Crippen molar-refractivity contribution in [1.29, 1.82) is 0 Å². The van der Waals surface area contributed by atoms with Crippen LogP contribution in [0.1, 0.15) is 33.1 Å². The third-order valence-electron chi connectivity index (χ3n) is 2.51. The summed E-state index contributed by atoms with van der Waals surface area (Å²) in [5.41, 5.74) is 0. The molecule has 0 fully saturated rings. The average molecular weight is 153 g/mol. The molecule has 0 saturated carbocycles. The van der Waals surface area contributed by atoms with Crippen LogP contribution in [0, 0.1) is 0 Å². The van der Waals surface area contributed by atoms with Gasteiger partial charge in [-0.05, 0) is 32.4 Å². The molecule has 0 aromatic carbocycles. The summed E-state index contributed by atoms with van der Waals surface area (Å²) < 4.78 is 0. The maximum absolute atomic E-state index is 2.52. The molecule has 0 radical (unpaired) electrons. The van der Waals surface area contributed by atoms with Gasteiger partial charge in [-0.2, -0.15) is 0 Å². The van der Waals surface area contributed by atoms with Gasteiger partial charge in [0.25, 0.3) is 0 Å². The lowest BCUT2D eigenvalue weighted by Gasteiger charge is -2.28. The third kappa shape index (κ3) is 2.33. The van der Waals surface area contributed by atoms with Crippen molar-refractivity contribution < 1.29 is 0 Å². The molecule has 0 aromatic rings. The van der Waals surface area contributed by atoms with E-state index in [1.807, 2.05) is 0 Å². The predicted molar refractivity (Wildman–Crippen MR) is 49.7 cm³/mol. The van der Waals surface area contributed by atoms with Gasteiger partial charge < -0.3 is 0 Å². The summed E-state index contributed by atoms with van der Waals surface area (Å²) in [6.07, 6.45) is 8.72. The fraction of sp³-hybridized carbons (Fsp3) is 0.800. The Kier molecular flexibility index (Phi) is 3.64. The summed E-state index contributed by atoms with van der Waals surface area (Å²) in [5.74, 6) is 0. The van der Waals surface area contributed by atoms with E-state index >= 15 is 0 Å². The Hall–Kier alpha value is -0.300. The Bertz CT molecular complexity index is 125. The Morgan fingerprint density at radius 2 is 2.09 bits per heavy atom. The molecule has 0 spiro atoms. The van der Waals surface area contributed by atoms with Gasteiger partial charge in [-0.15, -0.1) is 0 Å². The van der Waals surface area contributed by atoms with E-state index in [-0.39, 0.29) is 0 Å². The van der Waals surface area contributed by atoms with Gasteiger partial charge in [0, 0.05) is 6.04 Å². The average Bonchev–Trinajstić information content (AvgIpc) is 2.09. The summed E-state index contributed by atoms with van der Waals surface area (Å²) in [6, 6.07) is 0.735. The third-order valence-corrected chi connectivity index (χ3v) is 2.51. The van der Waals surface area contributed by atoms with Crippen LogP contribution in [-0.2, 0) is 0 Å². The number of hydrogen-bond acceptors (Lipinski definition) is 1. The second-order valence-corrected chi connectivity index (χ2v) is 3.15. The topological polar surface area (TPSA) is 3.24 Å². The molecule has 1 nitrogen and oxygen atoms in total. The Labute approximate surface area is 70.1 Å². The van der Waals surface area contributed by atoms with Gasteiger partial charge in [-0.1, -0.05) is 26.0 Å². The zero-order valence-electron chi connectivity index (χ0n) is 7.71. The summed E-state index contributed by atoms with van der Waals surface area (Å²) in [5, 5.41) is 0. The van der Waals surface area contributed by atoms with Crippen LogP contribution in [0.25, 0.3) is 0 Å². The van der Waals surface area contributed by atoms with Gasteiger partial charge in [-0.3, -0.25) is 4.90 Å². The first kappa shape index (κ1) is 8.79. The van der Waals surface area contributed by atoms with Crippen molar-refractivity contribution in [3.63, 3.8) is 0 Å². The Balaban J connectivity index is 2.42. The van der Waals surface area contributed by atoms with Gasteiger partial charge in [0.15, 0.2) is 0 Å². The van der Waals surface area contributed by atoms with E-state index in [0.29, 0.717) is 0 Å². The maximum atomic E-state index is 2.52. The lowest BCUT2D eigenvalue weighted by atomic mass is 10.0. The predicted octanol–water partition coefficient (Wildman–Crippen LogP) is 2.44. The van der Waals surface area contributed by atoms with E-state index in [4.69, 9.17) is 0 Å². The van der Waals surface area contributed by atoms with Crippen LogP contribution in [0.15, 0.2) is 12.2 Å². The van der Waals surface area contributed by atoms with Gasteiger partial charge in [0.1, 0.15) is 0 Å². The molecular formula is C10H19N. The second kappa shape index (κ2) is 4.55. The molecule has 0 amide bonds. The summed E-state index contributed by atoms with van der Waals surface area (Å²) in [6.45, 7) is 6.86. The molecule has 11 heavy (non-hydrogen) atoms. The quantitative estimate of drug-likeness (QED) is 0.563. The van der Waals surface area contributed by atoms with E-state index in [1.165, 1.54) is 32.4 Å². The molecule has 0 saturated heterocycles. The molecule has 1 rings (SSSR count). The largest absolute Gasteiger partial charge is 0.297 e. The first-order chi connectivity index (χ1) is 5.38. The van der Waals surface area contributed by atoms with E-state index in [1.54, 1.807) is 0 Å². The lowest BCUT2D eigenvalue weighted by molar-refractivity contribution is 0.236. The highest BCUT2D eigenvalue weighted by Gasteiger charge is 2.13. The molecule has 1 aliphatic rings. The molecule has 0 bridgehead atoms. The molecule has 64 valence electrons. The van der Waals surface area contributed by atoms with Crippen LogP contribution >= 0.6 is 0 Å². The Morgan fingerprint density at radius 3 is 2.55 bits per heavy atom. The van der Waals surface area contributed by atoms with Crippen molar-refractivity contribution in [2.75, 3.05) is 13.1 Å². The second-order valence-electron chi connectivity index (χ2n) is 3.15. The number of nitrogens with zero attached hydrogens (tertiary/aromatic N) is 1. The molecule has 0 aliphatic heterocycles. The highest BCUT2D eigenvalue weighted by atomic mass is 15.1. The molecule has 0 heterocycles. The van der Waals surface area contributed by atoms with E-state index in [0.717, 1.165) is 6.04 Å². The van der Waals surface area contributed by atoms with Gasteiger partial charge in [0.05, 0.1) is 0 Å². The molecular weight excluding hydrogens is 134 g/mol. The van der Waals surface area contributed by atoms with E-state index in [2.05, 4.69) is 30.9 Å². The van der Waals surface area contributed by atoms with Crippen LogP contribution in [0.5, 0.6) is 0 Å². The zero-order valence-corrected chi connectivity index (χ0v) is 7.71. The first-order valence-corrected chi connectivity index (χ1v) is 4.79. The summed E-state index contributed by atoms with van der Waals surface area (Å²) in [7, 11) is 0. The molecule has 0 aromatic heterocycles. The number of allylic oxidation sites excluding steroid dienone is 1. The normalized spacial score (nSPS) is 24.5. The number of rotatable bonds is 3. The molecule has 0 N–H and O–H groups in total. The van der Waals surface area contributed by atoms with Crippen molar-refractivity contribution in [1.82, 2.24) is 4.90 Å². The van der Waals surface area contributed by atoms with Gasteiger partial charge in [0.2, 0.25) is 0 Å². The standard InChI is InChI=1S/C10H19N/c1-3-11(4-2)10-8-6-5-7-9-10/h6,8,10H,3-5,7,9H2,1-2H3. The van der Waals surface area contributed by atoms with Crippen LogP contribution in [0.3, 0.4) is 0 Å². The summed E-state index contributed by atoms with van der Waals surface area (Å²) >= 11 is 0. The van der Waals surface area contributed by atoms with E-state index < -0.39 is 0 Å². The van der Waals surface area contributed by atoms with Crippen LogP contribution in [0.2, 0.25) is 0 Å². The molecule has 1 atom stereocenters. The minimum Gasteiger partial charge on any atom is -0.297 e. The number of hydrogen-bond donors (Lipinski definition) is 0. The fourth-order valence-corrected chi connectivity index (χ4v) is 1.79. The number of likely N-dealkylation sites (N-methyl/N-ethyl adjacent to an activating group) is 1. The van der Waals surface area contributed by atoms with Crippen LogP contribution < -0.4 is 0 Å². The Morgan fingerprint density at radius 1 is 1.36 bits per heavy atom. The zero-order chi connectivity index (χ0) is 8.10. The van der Waals surface area contributed by atoms with Crippen molar-refractivity contribution >= 4 is 0 Å². The minimum absolute atomic E-state index is 0.735. The fourth-order valence-electron chi connectivity index (χ4n) is 1.79. The first-order valence-electron chi connectivity index (χ1n) is 4.79. The van der Waals surface area contributed by atoms with Crippen LogP contribution in [-0.4, -0.2) is 24.0 Å². The highest BCUT2D eigenvalue weighted by molar-refractivity contribution is 4.98. The maximum Gasteiger partial charge on any atom is 0.0278 e. The smallest absolute Gasteiger partial charge is 0.0278 e. The molecule has 1 unspecified atom stereocenters. The van der Waals surface area contributed by atoms with Crippen molar-refractivity contribution in [2.24, 2.45) is 0 Å². The van der Waals surface area contributed by atoms with Crippen molar-refractivity contribution in [3.05, 3.63) is 12.2 Å². The highest BCUT2D eigenvalue weighted by Crippen LogP contribution is 2.15. The monoisotopic (exact) mass is 153 g/mol. The summed E-state index contributed by atoms with van der Waals surface area (Å²) in [4.78, 5) is 2.52. The van der Waals surface area contributed by atoms with Crippen molar-refractivity contribution in [2.45, 2.75) is 39.2 Å².